The molecule has 0 unspecified atom stereocenters. The van der Waals surface area contributed by atoms with Gasteiger partial charge in [0.05, 0.1) is 5.02 Å². The molecular weight excluding hydrogens is 317 g/mol. The number of benzene rings is 1. The van der Waals surface area contributed by atoms with Crippen LogP contribution in [0.5, 0.6) is 5.75 Å². The van der Waals surface area contributed by atoms with Crippen molar-refractivity contribution in [3.05, 3.63) is 28.2 Å². The van der Waals surface area contributed by atoms with Crippen molar-refractivity contribution in [3.63, 3.8) is 0 Å². The Morgan fingerprint density at radius 2 is 1.90 bits per heavy atom. The topological polar surface area (TPSA) is 66.8 Å². The second-order valence-corrected chi connectivity index (χ2v) is 6.25. The number of carbonyl (C=O) groups excluding carboxylic acids is 1. The zero-order valence-electron chi connectivity index (χ0n) is 12.0. The second kappa shape index (κ2) is 7.00. The minimum Gasteiger partial charge on any atom is -0.482 e. The van der Waals surface area contributed by atoms with E-state index >= 15 is 0 Å². The minimum atomic E-state index is -1.08. The van der Waals surface area contributed by atoms with Gasteiger partial charge in [0.25, 0.3) is 5.91 Å². The summed E-state index contributed by atoms with van der Waals surface area (Å²) in [5.41, 5.74) is -0.628. The predicted molar refractivity (Wildman–Crippen MR) is 81.1 cm³/mol. The van der Waals surface area contributed by atoms with Crippen LogP contribution in [0.15, 0.2) is 18.2 Å². The first-order valence-corrected chi connectivity index (χ1v) is 6.97. The Morgan fingerprint density at radius 1 is 1.29 bits per heavy atom. The molecule has 1 N–H and O–H groups in total. The largest absolute Gasteiger partial charge is 0.482 e. The van der Waals surface area contributed by atoms with E-state index in [1.165, 1.54) is 11.0 Å². The quantitative estimate of drug-likeness (QED) is 0.899. The monoisotopic (exact) mass is 333 g/mol. The number of amides is 1. The van der Waals surface area contributed by atoms with E-state index in [-0.39, 0.29) is 12.4 Å². The van der Waals surface area contributed by atoms with Crippen molar-refractivity contribution in [3.8, 4) is 5.75 Å². The highest BCUT2D eigenvalue weighted by Gasteiger charge is 2.28. The number of nitrogens with zero attached hydrogens (tertiary/aromatic N) is 1. The van der Waals surface area contributed by atoms with Gasteiger partial charge in [0, 0.05) is 16.6 Å². The summed E-state index contributed by atoms with van der Waals surface area (Å²) in [5, 5.41) is 9.65. The first-order valence-electron chi connectivity index (χ1n) is 6.21. The van der Waals surface area contributed by atoms with Gasteiger partial charge in [-0.2, -0.15) is 0 Å². The molecule has 0 aliphatic heterocycles. The summed E-state index contributed by atoms with van der Waals surface area (Å²) >= 11 is 11.8. The minimum absolute atomic E-state index is 0.279. The van der Waals surface area contributed by atoms with Gasteiger partial charge in [-0.1, -0.05) is 23.2 Å². The zero-order valence-corrected chi connectivity index (χ0v) is 13.5. The number of rotatable bonds is 5. The summed E-state index contributed by atoms with van der Waals surface area (Å²) in [6.45, 7) is 4.54. The summed E-state index contributed by atoms with van der Waals surface area (Å²) in [6.07, 6.45) is 0. The van der Waals surface area contributed by atoms with E-state index in [2.05, 4.69) is 0 Å². The van der Waals surface area contributed by atoms with Crippen LogP contribution in [0.4, 0.5) is 0 Å². The van der Waals surface area contributed by atoms with E-state index in [0.29, 0.717) is 10.0 Å². The molecule has 1 aromatic carbocycles. The highest BCUT2D eigenvalue weighted by Crippen LogP contribution is 2.27. The molecule has 0 aromatic heterocycles. The van der Waals surface area contributed by atoms with Gasteiger partial charge in [0.1, 0.15) is 12.3 Å². The van der Waals surface area contributed by atoms with Gasteiger partial charge in [0.2, 0.25) is 0 Å². The van der Waals surface area contributed by atoms with Crippen LogP contribution >= 0.6 is 23.2 Å². The number of hydrogen-bond donors (Lipinski definition) is 1. The highest BCUT2D eigenvalue weighted by molar-refractivity contribution is 6.34. The van der Waals surface area contributed by atoms with E-state index in [4.69, 9.17) is 33.0 Å². The molecule has 1 rings (SSSR count). The third kappa shape index (κ3) is 5.44. The standard InChI is InChI=1S/C14H17Cl2NO4/c1-14(2,3)17(7-13(19)20)12(18)8-21-11-6-9(15)4-5-10(11)16/h4-6H,7-8H2,1-3H3,(H,19,20). The van der Waals surface area contributed by atoms with Crippen LogP contribution in [0, 0.1) is 0 Å². The molecule has 0 saturated carbocycles. The number of carboxylic acid groups (broad SMARTS) is 1. The van der Waals surface area contributed by atoms with Gasteiger partial charge in [-0.15, -0.1) is 0 Å². The van der Waals surface area contributed by atoms with Gasteiger partial charge in [0.15, 0.2) is 6.61 Å². The number of hydrogen-bond acceptors (Lipinski definition) is 3. The van der Waals surface area contributed by atoms with Gasteiger partial charge in [-0.05, 0) is 32.9 Å². The third-order valence-corrected chi connectivity index (χ3v) is 3.20. The molecule has 5 nitrogen and oxygen atoms in total. The molecule has 0 heterocycles. The van der Waals surface area contributed by atoms with Crippen molar-refractivity contribution < 1.29 is 19.4 Å². The Bertz CT molecular complexity index is 540. The maximum atomic E-state index is 12.2. The Balaban J connectivity index is 2.78. The third-order valence-electron chi connectivity index (χ3n) is 2.65. The molecule has 0 saturated heterocycles. The zero-order chi connectivity index (χ0) is 16.2. The van der Waals surface area contributed by atoms with E-state index in [0.717, 1.165) is 0 Å². The Kier molecular flexibility index (Phi) is 5.87. The molecule has 0 aliphatic rings. The second-order valence-electron chi connectivity index (χ2n) is 5.41. The highest BCUT2D eigenvalue weighted by atomic mass is 35.5. The average Bonchev–Trinajstić information content (AvgIpc) is 2.35. The maximum Gasteiger partial charge on any atom is 0.323 e. The van der Waals surface area contributed by atoms with Crippen molar-refractivity contribution in [1.82, 2.24) is 4.90 Å². The normalized spacial score (nSPS) is 11.1. The van der Waals surface area contributed by atoms with Crippen molar-refractivity contribution in [2.75, 3.05) is 13.2 Å². The molecular formula is C14H17Cl2NO4. The molecule has 0 radical (unpaired) electrons. The summed E-state index contributed by atoms with van der Waals surface area (Å²) in [4.78, 5) is 24.2. The lowest BCUT2D eigenvalue weighted by Gasteiger charge is -2.34. The summed E-state index contributed by atoms with van der Waals surface area (Å²) < 4.78 is 5.34. The molecule has 0 aliphatic carbocycles. The number of carbonyl (C=O) groups is 2. The van der Waals surface area contributed by atoms with E-state index in [1.807, 2.05) is 0 Å². The Morgan fingerprint density at radius 3 is 2.43 bits per heavy atom. The van der Waals surface area contributed by atoms with Crippen molar-refractivity contribution in [2.24, 2.45) is 0 Å². The number of halogens is 2. The molecule has 7 heteroatoms. The number of aliphatic carboxylic acids is 1. The van der Waals surface area contributed by atoms with Crippen molar-refractivity contribution in [1.29, 1.82) is 0 Å². The molecule has 1 aromatic rings. The molecule has 21 heavy (non-hydrogen) atoms. The smallest absolute Gasteiger partial charge is 0.323 e. The first kappa shape index (κ1) is 17.6. The fourth-order valence-electron chi connectivity index (χ4n) is 1.64. The van der Waals surface area contributed by atoms with Crippen LogP contribution in [0.2, 0.25) is 10.0 Å². The SMILES string of the molecule is CC(C)(C)N(CC(=O)O)C(=O)COc1cc(Cl)ccc1Cl. The molecule has 116 valence electrons. The lowest BCUT2D eigenvalue weighted by atomic mass is 10.1. The van der Waals surface area contributed by atoms with Crippen LogP contribution in [0.25, 0.3) is 0 Å². The first-order chi connectivity index (χ1) is 9.61. The van der Waals surface area contributed by atoms with Gasteiger partial charge < -0.3 is 14.7 Å². The maximum absolute atomic E-state index is 12.2. The fraction of sp³-hybridized carbons (Fsp3) is 0.429. The summed E-state index contributed by atoms with van der Waals surface area (Å²) in [5.74, 6) is -1.25. The van der Waals surface area contributed by atoms with Crippen LogP contribution in [-0.2, 0) is 9.59 Å². The predicted octanol–water partition coefficient (Wildman–Crippen LogP) is 3.08. The number of carboxylic acids is 1. The Hall–Kier alpha value is -1.46. The summed E-state index contributed by atoms with van der Waals surface area (Å²) in [6, 6.07) is 4.66. The van der Waals surface area contributed by atoms with E-state index < -0.39 is 24.0 Å². The molecule has 0 spiro atoms. The summed E-state index contributed by atoms with van der Waals surface area (Å²) in [7, 11) is 0. The van der Waals surface area contributed by atoms with Gasteiger partial charge in [-0.3, -0.25) is 9.59 Å². The van der Waals surface area contributed by atoms with E-state index in [1.54, 1.807) is 32.9 Å². The molecule has 0 bridgehead atoms. The number of ether oxygens (including phenoxy) is 1. The van der Waals surface area contributed by atoms with Gasteiger partial charge in [-0.25, -0.2) is 0 Å². The van der Waals surface area contributed by atoms with E-state index in [9.17, 15) is 9.59 Å². The van der Waals surface area contributed by atoms with Crippen molar-refractivity contribution >= 4 is 35.1 Å². The van der Waals surface area contributed by atoms with Gasteiger partial charge >= 0.3 is 5.97 Å². The van der Waals surface area contributed by atoms with Crippen LogP contribution < -0.4 is 4.74 Å². The lowest BCUT2D eigenvalue weighted by Crippen LogP contribution is -2.50. The lowest BCUT2D eigenvalue weighted by molar-refractivity contribution is -0.149. The molecule has 0 fully saturated rings. The van der Waals surface area contributed by atoms with Crippen molar-refractivity contribution in [2.45, 2.75) is 26.3 Å². The van der Waals surface area contributed by atoms with Crippen LogP contribution in [0.3, 0.4) is 0 Å². The average molecular weight is 334 g/mol. The molecule has 1 amide bonds. The van der Waals surface area contributed by atoms with Crippen LogP contribution in [0.1, 0.15) is 20.8 Å². The molecule has 0 atom stereocenters. The van der Waals surface area contributed by atoms with Crippen LogP contribution in [-0.4, -0.2) is 40.6 Å². The fourth-order valence-corrected chi connectivity index (χ4v) is 1.97. The Labute approximate surface area is 133 Å².